The quantitative estimate of drug-likeness (QED) is 0.896. The van der Waals surface area contributed by atoms with Gasteiger partial charge in [0.25, 0.3) is 0 Å². The van der Waals surface area contributed by atoms with Gasteiger partial charge < -0.3 is 19.9 Å². The highest BCUT2D eigenvalue weighted by Crippen LogP contribution is 2.22. The first kappa shape index (κ1) is 18.5. The van der Waals surface area contributed by atoms with E-state index in [0.29, 0.717) is 43.2 Å². The van der Waals surface area contributed by atoms with Gasteiger partial charge in [-0.15, -0.1) is 0 Å². The summed E-state index contributed by atoms with van der Waals surface area (Å²) >= 11 is 0. The number of benzene rings is 1. The zero-order valence-corrected chi connectivity index (χ0v) is 15.7. The molecule has 0 unspecified atom stereocenters. The summed E-state index contributed by atoms with van der Waals surface area (Å²) in [6.45, 7) is 6.42. The number of piperazine rings is 1. The van der Waals surface area contributed by atoms with Crippen molar-refractivity contribution in [2.45, 2.75) is 13.8 Å². The molecule has 1 aromatic heterocycles. The van der Waals surface area contributed by atoms with Gasteiger partial charge in [0.15, 0.2) is 0 Å². The lowest BCUT2D eigenvalue weighted by molar-refractivity contribution is 0.208. The van der Waals surface area contributed by atoms with E-state index in [9.17, 15) is 4.79 Å². The molecular weight excluding hydrogens is 344 g/mol. The molecule has 2 amide bonds. The molecule has 2 heterocycles. The number of hydrogen-bond donors (Lipinski definition) is 1. The summed E-state index contributed by atoms with van der Waals surface area (Å²) < 4.78 is 5.12. The molecule has 8 heteroatoms. The number of aryl methyl sites for hydroxylation is 2. The van der Waals surface area contributed by atoms with Crippen LogP contribution >= 0.6 is 0 Å². The Hall–Kier alpha value is -3.34. The molecule has 3 rings (SSSR count). The van der Waals surface area contributed by atoms with Crippen LogP contribution in [0, 0.1) is 25.2 Å². The van der Waals surface area contributed by atoms with Crippen molar-refractivity contribution in [3.05, 3.63) is 41.3 Å². The second-order valence-corrected chi connectivity index (χ2v) is 6.35. The molecule has 1 aliphatic heterocycles. The first-order valence-electron chi connectivity index (χ1n) is 8.71. The molecule has 1 fully saturated rings. The maximum absolute atomic E-state index is 12.5. The molecule has 0 saturated carbocycles. The Kier molecular flexibility index (Phi) is 5.41. The molecule has 140 valence electrons. The van der Waals surface area contributed by atoms with Gasteiger partial charge in [-0.2, -0.15) is 5.26 Å². The lowest BCUT2D eigenvalue weighted by Gasteiger charge is -2.35. The van der Waals surface area contributed by atoms with Crippen LogP contribution in [0.25, 0.3) is 0 Å². The summed E-state index contributed by atoms with van der Waals surface area (Å²) in [5.41, 5.74) is 2.72. The van der Waals surface area contributed by atoms with Crippen LogP contribution in [0.5, 0.6) is 5.75 Å². The van der Waals surface area contributed by atoms with Gasteiger partial charge in [0, 0.05) is 38.1 Å². The smallest absolute Gasteiger partial charge is 0.321 e. The van der Waals surface area contributed by atoms with Crippen LogP contribution in [0.15, 0.2) is 24.4 Å². The summed E-state index contributed by atoms with van der Waals surface area (Å²) in [5.74, 6) is 1.36. The third-order valence-electron chi connectivity index (χ3n) is 4.49. The third-order valence-corrected chi connectivity index (χ3v) is 4.49. The minimum absolute atomic E-state index is 0.184. The normalized spacial score (nSPS) is 13.9. The van der Waals surface area contributed by atoms with Gasteiger partial charge in [0.1, 0.15) is 17.6 Å². The average Bonchev–Trinajstić information content (AvgIpc) is 2.69. The Bertz CT molecular complexity index is 884. The highest BCUT2D eigenvalue weighted by Gasteiger charge is 2.23. The van der Waals surface area contributed by atoms with Crippen LogP contribution in [-0.4, -0.2) is 54.2 Å². The number of anilines is 2. The molecule has 0 bridgehead atoms. The number of ether oxygens (including phenoxy) is 1. The Morgan fingerprint density at radius 3 is 2.67 bits per heavy atom. The van der Waals surface area contributed by atoms with Gasteiger partial charge in [0.05, 0.1) is 24.1 Å². The lowest BCUT2D eigenvalue weighted by atomic mass is 10.2. The summed E-state index contributed by atoms with van der Waals surface area (Å²) in [4.78, 5) is 25.4. The van der Waals surface area contributed by atoms with Crippen LogP contribution < -0.4 is 15.0 Å². The second-order valence-electron chi connectivity index (χ2n) is 6.35. The number of hydrogen-bond acceptors (Lipinski definition) is 6. The molecule has 2 aromatic rings. The minimum atomic E-state index is -0.184. The van der Waals surface area contributed by atoms with Crippen LogP contribution in [0.3, 0.4) is 0 Å². The van der Waals surface area contributed by atoms with E-state index in [4.69, 9.17) is 10.00 Å². The zero-order chi connectivity index (χ0) is 19.4. The number of aromatic nitrogens is 2. The van der Waals surface area contributed by atoms with Crippen molar-refractivity contribution in [1.29, 1.82) is 5.26 Å². The molecule has 0 spiro atoms. The molecule has 0 radical (unpaired) electrons. The molecule has 1 saturated heterocycles. The SMILES string of the molecule is COc1ccc(NC(=O)N2CCN(c3nc(C)cnc3C)CC2)cc1C#N. The van der Waals surface area contributed by atoms with E-state index in [1.807, 2.05) is 13.8 Å². The first-order valence-corrected chi connectivity index (χ1v) is 8.71. The second kappa shape index (κ2) is 7.91. The lowest BCUT2D eigenvalue weighted by Crippen LogP contribution is -2.50. The fourth-order valence-electron chi connectivity index (χ4n) is 3.02. The Morgan fingerprint density at radius 1 is 1.26 bits per heavy atom. The molecule has 1 aromatic carbocycles. The van der Waals surface area contributed by atoms with E-state index >= 15 is 0 Å². The number of urea groups is 1. The van der Waals surface area contributed by atoms with Crippen LogP contribution in [-0.2, 0) is 0 Å². The predicted octanol–water partition coefficient (Wildman–Crippen LogP) is 2.33. The van der Waals surface area contributed by atoms with Crippen molar-refractivity contribution in [2.75, 3.05) is 43.5 Å². The van der Waals surface area contributed by atoms with Crippen molar-refractivity contribution in [1.82, 2.24) is 14.9 Å². The van der Waals surface area contributed by atoms with Gasteiger partial charge in [-0.05, 0) is 32.0 Å². The maximum Gasteiger partial charge on any atom is 0.321 e. The zero-order valence-electron chi connectivity index (χ0n) is 15.7. The highest BCUT2D eigenvalue weighted by atomic mass is 16.5. The Labute approximate surface area is 158 Å². The van der Waals surface area contributed by atoms with Gasteiger partial charge >= 0.3 is 6.03 Å². The van der Waals surface area contributed by atoms with Crippen LogP contribution in [0.1, 0.15) is 17.0 Å². The summed E-state index contributed by atoms with van der Waals surface area (Å²) in [7, 11) is 1.51. The largest absolute Gasteiger partial charge is 0.495 e. The van der Waals surface area contributed by atoms with Gasteiger partial charge in [-0.3, -0.25) is 4.98 Å². The minimum Gasteiger partial charge on any atom is -0.495 e. The Morgan fingerprint density at radius 2 is 2.00 bits per heavy atom. The number of carbonyl (C=O) groups excluding carboxylic acids is 1. The number of rotatable bonds is 3. The van der Waals surface area contributed by atoms with E-state index in [1.165, 1.54) is 7.11 Å². The van der Waals surface area contributed by atoms with Gasteiger partial charge in [0.2, 0.25) is 0 Å². The van der Waals surface area contributed by atoms with Crippen molar-refractivity contribution in [3.8, 4) is 11.8 Å². The maximum atomic E-state index is 12.5. The summed E-state index contributed by atoms with van der Waals surface area (Å²) in [5, 5.41) is 12.0. The topological polar surface area (TPSA) is 94.4 Å². The molecular formula is C19H22N6O2. The monoisotopic (exact) mass is 366 g/mol. The van der Waals surface area contributed by atoms with Crippen LogP contribution in [0.4, 0.5) is 16.3 Å². The number of amides is 2. The first-order chi connectivity index (χ1) is 13.0. The highest BCUT2D eigenvalue weighted by molar-refractivity contribution is 5.89. The fourth-order valence-corrected chi connectivity index (χ4v) is 3.02. The number of nitrogens with zero attached hydrogens (tertiary/aromatic N) is 5. The third kappa shape index (κ3) is 4.08. The van der Waals surface area contributed by atoms with Gasteiger partial charge in [-0.1, -0.05) is 0 Å². The number of nitrogens with one attached hydrogen (secondary N) is 1. The molecule has 1 N–H and O–H groups in total. The Balaban J connectivity index is 1.62. The van der Waals surface area contributed by atoms with Crippen molar-refractivity contribution < 1.29 is 9.53 Å². The average molecular weight is 366 g/mol. The molecule has 8 nitrogen and oxygen atoms in total. The molecule has 0 atom stereocenters. The van der Waals surface area contributed by atoms with Crippen molar-refractivity contribution >= 4 is 17.5 Å². The standard InChI is InChI=1S/C19H22N6O2/c1-13-12-21-14(2)18(22-13)24-6-8-25(9-7-24)19(26)23-16-4-5-17(27-3)15(10-16)11-20/h4-5,10,12H,6-9H2,1-3H3,(H,23,26). The van der Waals surface area contributed by atoms with E-state index < -0.39 is 0 Å². The van der Waals surface area contributed by atoms with E-state index in [-0.39, 0.29) is 6.03 Å². The van der Waals surface area contributed by atoms with Crippen molar-refractivity contribution in [3.63, 3.8) is 0 Å². The number of methoxy groups -OCH3 is 1. The van der Waals surface area contributed by atoms with E-state index in [2.05, 4.69) is 26.3 Å². The number of carbonyl (C=O) groups is 1. The van der Waals surface area contributed by atoms with Gasteiger partial charge in [-0.25, -0.2) is 9.78 Å². The predicted molar refractivity (Wildman–Crippen MR) is 102 cm³/mol. The number of nitriles is 1. The summed E-state index contributed by atoms with van der Waals surface area (Å²) in [6, 6.07) is 6.88. The molecule has 1 aliphatic rings. The fraction of sp³-hybridized carbons (Fsp3) is 0.368. The van der Waals surface area contributed by atoms with Crippen molar-refractivity contribution in [2.24, 2.45) is 0 Å². The van der Waals surface area contributed by atoms with E-state index in [0.717, 1.165) is 17.2 Å². The summed E-state index contributed by atoms with van der Waals surface area (Å²) in [6.07, 6.45) is 1.76. The van der Waals surface area contributed by atoms with E-state index in [1.54, 1.807) is 29.3 Å². The van der Waals surface area contributed by atoms with Crippen LogP contribution in [0.2, 0.25) is 0 Å². The molecule has 27 heavy (non-hydrogen) atoms. The molecule has 0 aliphatic carbocycles.